The number of fused-ring (bicyclic) bond motifs is 1. The third kappa shape index (κ3) is 3.83. The molecule has 0 radical (unpaired) electrons. The van der Waals surface area contributed by atoms with Gasteiger partial charge in [0.1, 0.15) is 0 Å². The van der Waals surface area contributed by atoms with E-state index in [1.807, 2.05) is 26.5 Å². The van der Waals surface area contributed by atoms with Crippen LogP contribution in [-0.4, -0.2) is 54.5 Å². The fourth-order valence-electron chi connectivity index (χ4n) is 2.85. The molecule has 0 fully saturated rings. The molecule has 128 valence electrons. The molecule has 0 aromatic carbocycles. The number of likely N-dealkylation sites (N-methyl/N-ethyl adjacent to an activating group) is 1. The molecule has 6 heteroatoms. The van der Waals surface area contributed by atoms with Gasteiger partial charge in [0.05, 0.1) is 19.5 Å². The van der Waals surface area contributed by atoms with E-state index in [4.69, 9.17) is 9.15 Å². The lowest BCUT2D eigenvalue weighted by molar-refractivity contribution is 0.0700. The summed E-state index contributed by atoms with van der Waals surface area (Å²) in [5.74, 6) is 0.313. The molecule has 1 amide bonds. The molecule has 0 saturated carbocycles. The van der Waals surface area contributed by atoms with Crippen molar-refractivity contribution in [1.29, 1.82) is 0 Å². The molecule has 1 aliphatic heterocycles. The molecule has 0 N–H and O–H groups in total. The average Bonchev–Trinajstić information content (AvgIpc) is 3.12. The molecule has 0 spiro atoms. The maximum atomic E-state index is 12.4. The molecule has 1 aliphatic rings. The third-order valence-electron chi connectivity index (χ3n) is 4.19. The van der Waals surface area contributed by atoms with Gasteiger partial charge in [-0.3, -0.25) is 9.78 Å². The summed E-state index contributed by atoms with van der Waals surface area (Å²) in [4.78, 5) is 20.6. The van der Waals surface area contributed by atoms with Gasteiger partial charge >= 0.3 is 0 Å². The number of hydrogen-bond acceptors (Lipinski definition) is 5. The summed E-state index contributed by atoms with van der Waals surface area (Å²) in [5.41, 5.74) is 3.48. The molecule has 3 heterocycles. The molecule has 0 unspecified atom stereocenters. The van der Waals surface area contributed by atoms with Crippen molar-refractivity contribution in [2.75, 3.05) is 33.8 Å². The minimum atomic E-state index is -0.0710. The van der Waals surface area contributed by atoms with Gasteiger partial charge in [-0.1, -0.05) is 0 Å². The van der Waals surface area contributed by atoms with Crippen molar-refractivity contribution in [3.8, 4) is 0 Å². The van der Waals surface area contributed by atoms with Gasteiger partial charge in [-0.15, -0.1) is 0 Å². The molecule has 0 saturated heterocycles. The van der Waals surface area contributed by atoms with Crippen LogP contribution in [0.15, 0.2) is 35.2 Å². The zero-order valence-electron chi connectivity index (χ0n) is 14.2. The van der Waals surface area contributed by atoms with Crippen LogP contribution in [0.1, 0.15) is 27.2 Å². The lowest BCUT2D eigenvalue weighted by Crippen LogP contribution is -2.36. The van der Waals surface area contributed by atoms with E-state index in [9.17, 15) is 4.79 Å². The van der Waals surface area contributed by atoms with Gasteiger partial charge in [0.15, 0.2) is 5.76 Å². The lowest BCUT2D eigenvalue weighted by Gasteiger charge is -2.29. The van der Waals surface area contributed by atoms with Crippen molar-refractivity contribution < 1.29 is 13.9 Å². The summed E-state index contributed by atoms with van der Waals surface area (Å²) in [6.07, 6.45) is 6.06. The maximum absolute atomic E-state index is 12.4. The van der Waals surface area contributed by atoms with Gasteiger partial charge < -0.3 is 19.0 Å². The molecular weight excluding hydrogens is 306 g/mol. The highest BCUT2D eigenvalue weighted by molar-refractivity contribution is 5.91. The standard InChI is InChI=1S/C18H23N3O3/c1-20(2)7-9-23-13-15-11-19-10-14-12-21(6-5-16(14)15)18(22)17-4-3-8-24-17/h3-4,8,10-11H,5-7,9,12-13H2,1-2H3. The second-order valence-corrected chi connectivity index (χ2v) is 6.25. The fraction of sp³-hybridized carbons (Fsp3) is 0.444. The van der Waals surface area contributed by atoms with Crippen LogP contribution in [0.5, 0.6) is 0 Å². The van der Waals surface area contributed by atoms with Crippen molar-refractivity contribution in [3.63, 3.8) is 0 Å². The lowest BCUT2D eigenvalue weighted by atomic mass is 9.97. The van der Waals surface area contributed by atoms with Crippen LogP contribution in [0.2, 0.25) is 0 Å². The predicted molar refractivity (Wildman–Crippen MR) is 89.6 cm³/mol. The minimum absolute atomic E-state index is 0.0710. The Kier molecular flexibility index (Phi) is 5.27. The van der Waals surface area contributed by atoms with Crippen molar-refractivity contribution in [3.05, 3.63) is 53.2 Å². The number of ether oxygens (including phenoxy) is 1. The topological polar surface area (TPSA) is 58.8 Å². The normalized spacial score (nSPS) is 14.0. The summed E-state index contributed by atoms with van der Waals surface area (Å²) in [7, 11) is 4.06. The Morgan fingerprint density at radius 3 is 3.04 bits per heavy atom. The second kappa shape index (κ2) is 7.59. The SMILES string of the molecule is CN(C)CCOCc1cncc2c1CCN(C(=O)c1ccco1)C2. The van der Waals surface area contributed by atoms with Crippen LogP contribution < -0.4 is 0 Å². The second-order valence-electron chi connectivity index (χ2n) is 6.25. The van der Waals surface area contributed by atoms with E-state index in [2.05, 4.69) is 9.88 Å². The van der Waals surface area contributed by atoms with E-state index >= 15 is 0 Å². The summed E-state index contributed by atoms with van der Waals surface area (Å²) in [6, 6.07) is 3.43. The number of rotatable bonds is 6. The van der Waals surface area contributed by atoms with E-state index in [1.165, 1.54) is 11.8 Å². The molecule has 6 nitrogen and oxygen atoms in total. The summed E-state index contributed by atoms with van der Waals surface area (Å²) in [6.45, 7) is 3.40. The third-order valence-corrected chi connectivity index (χ3v) is 4.19. The molecule has 0 bridgehead atoms. The maximum Gasteiger partial charge on any atom is 0.289 e. The number of aromatic nitrogens is 1. The molecule has 0 atom stereocenters. The first-order valence-electron chi connectivity index (χ1n) is 8.15. The van der Waals surface area contributed by atoms with Crippen LogP contribution in [0.3, 0.4) is 0 Å². The Morgan fingerprint density at radius 1 is 1.42 bits per heavy atom. The number of furan rings is 1. The Bertz CT molecular complexity index is 683. The van der Waals surface area contributed by atoms with Crippen molar-refractivity contribution in [1.82, 2.24) is 14.8 Å². The zero-order chi connectivity index (χ0) is 16.9. The largest absolute Gasteiger partial charge is 0.459 e. The van der Waals surface area contributed by atoms with Crippen molar-refractivity contribution in [2.24, 2.45) is 0 Å². The van der Waals surface area contributed by atoms with Gasteiger partial charge in [0.25, 0.3) is 5.91 Å². The summed E-state index contributed by atoms with van der Waals surface area (Å²) >= 11 is 0. The number of carbonyl (C=O) groups excluding carboxylic acids is 1. The van der Waals surface area contributed by atoms with Gasteiger partial charge in [-0.05, 0) is 49.3 Å². The van der Waals surface area contributed by atoms with E-state index in [0.717, 1.165) is 24.1 Å². The van der Waals surface area contributed by atoms with Crippen LogP contribution in [0.4, 0.5) is 0 Å². The monoisotopic (exact) mass is 329 g/mol. The molecular formula is C18H23N3O3. The number of nitrogens with zero attached hydrogens (tertiary/aromatic N) is 3. The van der Waals surface area contributed by atoms with E-state index in [1.54, 1.807) is 17.0 Å². The molecule has 3 rings (SSSR count). The van der Waals surface area contributed by atoms with Crippen molar-refractivity contribution >= 4 is 5.91 Å². The predicted octanol–water partition coefficient (Wildman–Crippen LogP) is 1.95. The first-order valence-corrected chi connectivity index (χ1v) is 8.15. The van der Waals surface area contributed by atoms with E-state index in [0.29, 0.717) is 32.1 Å². The Morgan fingerprint density at radius 2 is 2.29 bits per heavy atom. The van der Waals surface area contributed by atoms with E-state index in [-0.39, 0.29) is 5.91 Å². The van der Waals surface area contributed by atoms with Crippen LogP contribution in [0.25, 0.3) is 0 Å². The van der Waals surface area contributed by atoms with Gasteiger partial charge in [0, 0.05) is 32.0 Å². The summed E-state index contributed by atoms with van der Waals surface area (Å²) in [5, 5.41) is 0. The highest BCUT2D eigenvalue weighted by Crippen LogP contribution is 2.23. The van der Waals surface area contributed by atoms with Crippen LogP contribution in [-0.2, 0) is 24.3 Å². The Hall–Kier alpha value is -2.18. The molecule has 2 aromatic rings. The minimum Gasteiger partial charge on any atom is -0.459 e. The first-order chi connectivity index (χ1) is 11.6. The molecule has 2 aromatic heterocycles. The molecule has 24 heavy (non-hydrogen) atoms. The first kappa shape index (κ1) is 16.7. The number of pyridine rings is 1. The average molecular weight is 329 g/mol. The van der Waals surface area contributed by atoms with Gasteiger partial charge in [-0.2, -0.15) is 0 Å². The number of carbonyl (C=O) groups is 1. The highest BCUT2D eigenvalue weighted by atomic mass is 16.5. The number of amides is 1. The smallest absolute Gasteiger partial charge is 0.289 e. The highest BCUT2D eigenvalue weighted by Gasteiger charge is 2.25. The van der Waals surface area contributed by atoms with Crippen LogP contribution >= 0.6 is 0 Å². The Labute approximate surface area is 142 Å². The summed E-state index contributed by atoms with van der Waals surface area (Å²) < 4.78 is 11.0. The van der Waals surface area contributed by atoms with Crippen molar-refractivity contribution in [2.45, 2.75) is 19.6 Å². The van der Waals surface area contributed by atoms with E-state index < -0.39 is 0 Å². The number of hydrogen-bond donors (Lipinski definition) is 0. The zero-order valence-corrected chi connectivity index (χ0v) is 14.2. The van der Waals surface area contributed by atoms with Crippen LogP contribution in [0, 0.1) is 0 Å². The quantitative estimate of drug-likeness (QED) is 0.758. The van der Waals surface area contributed by atoms with Gasteiger partial charge in [-0.25, -0.2) is 0 Å². The Balaban J connectivity index is 1.65. The fourth-order valence-corrected chi connectivity index (χ4v) is 2.85. The van der Waals surface area contributed by atoms with Gasteiger partial charge in [0.2, 0.25) is 0 Å². The molecule has 0 aliphatic carbocycles.